The minimum Gasteiger partial charge on any atom is -0.332 e. The zero-order valence-corrected chi connectivity index (χ0v) is 18.9. The van der Waals surface area contributed by atoms with Gasteiger partial charge in [-0.3, -0.25) is 0 Å². The topological polar surface area (TPSA) is 82.6 Å². The normalized spacial score (nSPS) is 16.1. The zero-order valence-electron chi connectivity index (χ0n) is 17.3. The molecule has 0 spiro atoms. The van der Waals surface area contributed by atoms with Crippen LogP contribution >= 0.6 is 11.3 Å². The van der Waals surface area contributed by atoms with Gasteiger partial charge in [0.1, 0.15) is 0 Å². The van der Waals surface area contributed by atoms with Crippen molar-refractivity contribution in [3.8, 4) is 0 Å². The van der Waals surface area contributed by atoms with Crippen molar-refractivity contribution in [1.29, 1.82) is 0 Å². The number of nitrogens with zero attached hydrogens (tertiary/aromatic N) is 3. The van der Waals surface area contributed by atoms with E-state index in [-0.39, 0.29) is 24.5 Å². The van der Waals surface area contributed by atoms with E-state index in [1.54, 1.807) is 40.5 Å². The Morgan fingerprint density at radius 3 is 2.31 bits per heavy atom. The number of aryl methyl sites for hydroxylation is 1. The molecule has 1 aromatic heterocycles. The Morgan fingerprint density at radius 1 is 1.14 bits per heavy atom. The van der Waals surface area contributed by atoms with E-state index < -0.39 is 10.0 Å². The van der Waals surface area contributed by atoms with Crippen LogP contribution in [0.25, 0.3) is 0 Å². The Morgan fingerprint density at radius 2 is 1.76 bits per heavy atom. The molecular formula is C20H28N4O3S2. The SMILES string of the molecule is Cc1ccc(S(=O)(=O)N2CCN(C(=O)NCc3csc(C(C)(C)C)n3)CC2)cc1. The number of sulfonamides is 1. The van der Waals surface area contributed by atoms with Crippen molar-refractivity contribution in [2.45, 2.75) is 44.6 Å². The second kappa shape index (κ2) is 8.41. The summed E-state index contributed by atoms with van der Waals surface area (Å²) in [5, 5.41) is 5.89. The van der Waals surface area contributed by atoms with Gasteiger partial charge in [0, 0.05) is 37.0 Å². The average molecular weight is 437 g/mol. The van der Waals surface area contributed by atoms with E-state index >= 15 is 0 Å². The van der Waals surface area contributed by atoms with Crippen molar-refractivity contribution in [1.82, 2.24) is 19.5 Å². The summed E-state index contributed by atoms with van der Waals surface area (Å²) in [5.41, 5.74) is 1.85. The summed E-state index contributed by atoms with van der Waals surface area (Å²) in [6, 6.07) is 6.65. The third-order valence-electron chi connectivity index (χ3n) is 4.80. The molecule has 2 heterocycles. The van der Waals surface area contributed by atoms with Gasteiger partial charge in [0.15, 0.2) is 0 Å². The summed E-state index contributed by atoms with van der Waals surface area (Å²) < 4.78 is 27.0. The lowest BCUT2D eigenvalue weighted by molar-refractivity contribution is 0.172. The molecule has 0 unspecified atom stereocenters. The number of carbonyl (C=O) groups excluding carboxylic acids is 1. The van der Waals surface area contributed by atoms with Gasteiger partial charge in [0.25, 0.3) is 0 Å². The minimum atomic E-state index is -3.53. The van der Waals surface area contributed by atoms with Crippen LogP contribution in [0, 0.1) is 6.92 Å². The standard InChI is InChI=1S/C20H28N4O3S2/c1-15-5-7-17(8-6-15)29(26,27)24-11-9-23(10-12-24)19(25)21-13-16-14-28-18(22-16)20(2,3)4/h5-8,14H,9-13H2,1-4H3,(H,21,25). The zero-order chi connectivity index (χ0) is 21.2. The number of hydrogen-bond acceptors (Lipinski definition) is 5. The van der Waals surface area contributed by atoms with E-state index in [1.807, 2.05) is 12.3 Å². The van der Waals surface area contributed by atoms with Gasteiger partial charge in [0.2, 0.25) is 10.0 Å². The van der Waals surface area contributed by atoms with E-state index in [4.69, 9.17) is 0 Å². The van der Waals surface area contributed by atoms with Gasteiger partial charge in [-0.25, -0.2) is 18.2 Å². The monoisotopic (exact) mass is 436 g/mol. The van der Waals surface area contributed by atoms with E-state index in [2.05, 4.69) is 31.1 Å². The number of thiazole rings is 1. The van der Waals surface area contributed by atoms with Crippen molar-refractivity contribution in [3.63, 3.8) is 0 Å². The van der Waals surface area contributed by atoms with Crippen LogP contribution in [0.4, 0.5) is 4.79 Å². The fourth-order valence-corrected chi connectivity index (χ4v) is 5.33. The second-order valence-corrected chi connectivity index (χ2v) is 11.1. The summed E-state index contributed by atoms with van der Waals surface area (Å²) in [5.74, 6) is 0. The first kappa shape index (κ1) is 21.7. The van der Waals surface area contributed by atoms with Crippen LogP contribution in [-0.4, -0.2) is 54.8 Å². The largest absolute Gasteiger partial charge is 0.332 e. The van der Waals surface area contributed by atoms with Crippen molar-refractivity contribution in [3.05, 3.63) is 45.9 Å². The molecule has 1 N–H and O–H groups in total. The fraction of sp³-hybridized carbons (Fsp3) is 0.500. The molecule has 9 heteroatoms. The number of hydrogen-bond donors (Lipinski definition) is 1. The molecule has 1 aliphatic rings. The van der Waals surface area contributed by atoms with Crippen LogP contribution in [0.5, 0.6) is 0 Å². The first-order valence-electron chi connectivity index (χ1n) is 9.62. The van der Waals surface area contributed by atoms with E-state index in [9.17, 15) is 13.2 Å². The van der Waals surface area contributed by atoms with E-state index in [0.29, 0.717) is 24.5 Å². The van der Waals surface area contributed by atoms with Gasteiger partial charge in [-0.05, 0) is 19.1 Å². The molecule has 3 rings (SSSR count). The minimum absolute atomic E-state index is 0.00774. The van der Waals surface area contributed by atoms with Crippen LogP contribution in [0.2, 0.25) is 0 Å². The lowest BCUT2D eigenvalue weighted by Crippen LogP contribution is -2.52. The first-order valence-corrected chi connectivity index (χ1v) is 11.9. The number of carbonyl (C=O) groups is 1. The van der Waals surface area contributed by atoms with Gasteiger partial charge < -0.3 is 10.2 Å². The van der Waals surface area contributed by atoms with Gasteiger partial charge in [-0.2, -0.15) is 4.31 Å². The number of amides is 2. The highest BCUT2D eigenvalue weighted by Crippen LogP contribution is 2.25. The Labute approximate surface area is 176 Å². The number of nitrogens with one attached hydrogen (secondary N) is 1. The molecule has 0 radical (unpaired) electrons. The Hall–Kier alpha value is -1.97. The number of benzene rings is 1. The molecule has 0 aliphatic carbocycles. The summed E-state index contributed by atoms with van der Waals surface area (Å²) >= 11 is 1.60. The van der Waals surface area contributed by atoms with Crippen LogP contribution < -0.4 is 5.32 Å². The maximum Gasteiger partial charge on any atom is 0.317 e. The number of aromatic nitrogens is 1. The van der Waals surface area contributed by atoms with Gasteiger partial charge >= 0.3 is 6.03 Å². The van der Waals surface area contributed by atoms with Crippen molar-refractivity contribution >= 4 is 27.4 Å². The highest BCUT2D eigenvalue weighted by Gasteiger charge is 2.30. The third kappa shape index (κ3) is 5.15. The maximum absolute atomic E-state index is 12.8. The molecule has 1 fully saturated rings. The van der Waals surface area contributed by atoms with Crippen molar-refractivity contribution < 1.29 is 13.2 Å². The number of urea groups is 1. The van der Waals surface area contributed by atoms with E-state index in [1.165, 1.54) is 4.31 Å². The maximum atomic E-state index is 12.8. The number of piperazine rings is 1. The fourth-order valence-electron chi connectivity index (χ4n) is 3.00. The highest BCUT2D eigenvalue weighted by atomic mass is 32.2. The second-order valence-electron chi connectivity index (χ2n) is 8.26. The molecular weight excluding hydrogens is 408 g/mol. The number of rotatable bonds is 4. The lowest BCUT2D eigenvalue weighted by Gasteiger charge is -2.34. The predicted molar refractivity (Wildman–Crippen MR) is 115 cm³/mol. The molecule has 0 atom stereocenters. The lowest BCUT2D eigenvalue weighted by atomic mass is 9.98. The summed E-state index contributed by atoms with van der Waals surface area (Å²) in [6.07, 6.45) is 0. The molecule has 1 saturated heterocycles. The van der Waals surface area contributed by atoms with Gasteiger partial charge in [-0.1, -0.05) is 38.5 Å². The van der Waals surface area contributed by atoms with Crippen LogP contribution in [-0.2, 0) is 22.0 Å². The molecule has 7 nitrogen and oxygen atoms in total. The Balaban J connectivity index is 1.53. The molecule has 2 amide bonds. The van der Waals surface area contributed by atoms with Gasteiger partial charge in [-0.15, -0.1) is 11.3 Å². The Bertz CT molecular complexity index is 954. The van der Waals surface area contributed by atoms with Crippen LogP contribution in [0.1, 0.15) is 37.0 Å². The average Bonchev–Trinajstić information content (AvgIpc) is 3.16. The molecule has 1 aromatic carbocycles. The molecule has 29 heavy (non-hydrogen) atoms. The Kier molecular flexibility index (Phi) is 6.30. The van der Waals surface area contributed by atoms with Crippen LogP contribution in [0.15, 0.2) is 34.5 Å². The molecule has 0 bridgehead atoms. The molecule has 158 valence electrons. The molecule has 0 saturated carbocycles. The quantitative estimate of drug-likeness (QED) is 0.799. The molecule has 1 aliphatic heterocycles. The molecule has 2 aromatic rings. The summed E-state index contributed by atoms with van der Waals surface area (Å²) in [4.78, 5) is 19.0. The predicted octanol–water partition coefficient (Wildman–Crippen LogP) is 2.97. The summed E-state index contributed by atoms with van der Waals surface area (Å²) in [6.45, 7) is 9.91. The van der Waals surface area contributed by atoms with E-state index in [0.717, 1.165) is 16.3 Å². The van der Waals surface area contributed by atoms with Crippen molar-refractivity contribution in [2.24, 2.45) is 0 Å². The first-order chi connectivity index (χ1) is 13.6. The van der Waals surface area contributed by atoms with Crippen LogP contribution in [0.3, 0.4) is 0 Å². The smallest absolute Gasteiger partial charge is 0.317 e. The summed E-state index contributed by atoms with van der Waals surface area (Å²) in [7, 11) is -3.53. The third-order valence-corrected chi connectivity index (χ3v) is 8.03. The highest BCUT2D eigenvalue weighted by molar-refractivity contribution is 7.89. The van der Waals surface area contributed by atoms with Crippen molar-refractivity contribution in [2.75, 3.05) is 26.2 Å². The van der Waals surface area contributed by atoms with Gasteiger partial charge in [0.05, 0.1) is 22.1 Å².